The average Bonchev–Trinajstić information content (AvgIpc) is 2.32. The van der Waals surface area contributed by atoms with Gasteiger partial charge in [-0.15, -0.1) is 0 Å². The third-order valence-corrected chi connectivity index (χ3v) is 2.59. The highest BCUT2D eigenvalue weighted by Crippen LogP contribution is 2.15. The zero-order valence-corrected chi connectivity index (χ0v) is 7.95. The zero-order valence-electron chi connectivity index (χ0n) is 5.80. The van der Waals surface area contributed by atoms with Crippen molar-refractivity contribution >= 4 is 22.9 Å². The molecule has 0 aliphatic carbocycles. The Kier molecular flexibility index (Phi) is 1.84. The van der Waals surface area contributed by atoms with Crippen LogP contribution in [0.3, 0.4) is 0 Å². The number of aromatic nitrogens is 2. The highest BCUT2D eigenvalue weighted by Gasteiger charge is 2.17. The first kappa shape index (κ1) is 7.48. The van der Waals surface area contributed by atoms with E-state index in [0.29, 0.717) is 6.54 Å². The number of fused-ring (bicyclic) bond motifs is 1. The fourth-order valence-electron chi connectivity index (χ4n) is 1.19. The van der Waals surface area contributed by atoms with Gasteiger partial charge in [0.1, 0.15) is 5.82 Å². The summed E-state index contributed by atoms with van der Waals surface area (Å²) in [7, 11) is 0. The normalized spacial score (nSPS) is 18.4. The summed E-state index contributed by atoms with van der Waals surface area (Å²) in [4.78, 5) is 3.95. The first-order valence-corrected chi connectivity index (χ1v) is 4.34. The van der Waals surface area contributed by atoms with Crippen LogP contribution in [0.5, 0.6) is 0 Å². The van der Waals surface area contributed by atoms with Gasteiger partial charge in [0.15, 0.2) is 0 Å². The Hall–Kier alpha value is -0.170. The van der Waals surface area contributed by atoms with E-state index in [9.17, 15) is 4.39 Å². The van der Waals surface area contributed by atoms with E-state index >= 15 is 0 Å². The van der Waals surface area contributed by atoms with E-state index in [0.717, 1.165) is 18.9 Å². The SMILES string of the molecule is Fc1cnc2n1CCN(I)C2. The van der Waals surface area contributed by atoms with Crippen LogP contribution < -0.4 is 0 Å². The van der Waals surface area contributed by atoms with Gasteiger partial charge < -0.3 is 4.57 Å². The molecule has 1 aliphatic rings. The van der Waals surface area contributed by atoms with Crippen molar-refractivity contribution in [1.82, 2.24) is 12.7 Å². The quantitative estimate of drug-likeness (QED) is 0.520. The number of halogens is 2. The lowest BCUT2D eigenvalue weighted by Gasteiger charge is -2.21. The molecule has 0 unspecified atom stereocenters. The minimum atomic E-state index is -0.218. The van der Waals surface area contributed by atoms with Crippen molar-refractivity contribution in [1.29, 1.82) is 0 Å². The maximum Gasteiger partial charge on any atom is 0.213 e. The van der Waals surface area contributed by atoms with Crippen molar-refractivity contribution in [3.63, 3.8) is 0 Å². The predicted octanol–water partition coefficient (Wildman–Crippen LogP) is 1.19. The van der Waals surface area contributed by atoms with Gasteiger partial charge in [0.05, 0.1) is 12.7 Å². The third-order valence-electron chi connectivity index (χ3n) is 1.77. The average molecular weight is 267 g/mol. The molecule has 0 bridgehead atoms. The van der Waals surface area contributed by atoms with Gasteiger partial charge in [-0.1, -0.05) is 0 Å². The number of hydrogen-bond donors (Lipinski definition) is 0. The molecule has 3 nitrogen and oxygen atoms in total. The molecule has 0 atom stereocenters. The zero-order chi connectivity index (χ0) is 7.84. The maximum absolute atomic E-state index is 12.8. The van der Waals surface area contributed by atoms with Crippen molar-refractivity contribution in [3.8, 4) is 0 Å². The van der Waals surface area contributed by atoms with Gasteiger partial charge in [-0.2, -0.15) is 4.39 Å². The molecule has 0 fully saturated rings. The molecule has 11 heavy (non-hydrogen) atoms. The molecule has 0 radical (unpaired) electrons. The van der Waals surface area contributed by atoms with Gasteiger partial charge in [0.2, 0.25) is 5.95 Å². The minimum Gasteiger partial charge on any atom is -0.303 e. The van der Waals surface area contributed by atoms with Crippen molar-refractivity contribution in [2.45, 2.75) is 13.1 Å². The summed E-state index contributed by atoms with van der Waals surface area (Å²) in [5, 5.41) is 0. The molecule has 60 valence electrons. The monoisotopic (exact) mass is 267 g/mol. The highest BCUT2D eigenvalue weighted by molar-refractivity contribution is 14.1. The van der Waals surface area contributed by atoms with Gasteiger partial charge in [0.25, 0.3) is 0 Å². The van der Waals surface area contributed by atoms with Gasteiger partial charge in [-0.05, 0) is 0 Å². The van der Waals surface area contributed by atoms with Gasteiger partial charge in [0, 0.05) is 36.0 Å². The van der Waals surface area contributed by atoms with E-state index in [1.807, 2.05) is 0 Å². The lowest BCUT2D eigenvalue weighted by Crippen LogP contribution is -2.27. The summed E-state index contributed by atoms with van der Waals surface area (Å²) in [5.74, 6) is 0.604. The molecule has 0 spiro atoms. The number of nitrogens with zero attached hydrogens (tertiary/aromatic N) is 3. The molecule has 1 aliphatic heterocycles. The predicted molar refractivity (Wildman–Crippen MR) is 46.6 cm³/mol. The summed E-state index contributed by atoms with van der Waals surface area (Å²) in [6.45, 7) is 2.34. The fourth-order valence-corrected chi connectivity index (χ4v) is 1.71. The topological polar surface area (TPSA) is 21.1 Å². The van der Waals surface area contributed by atoms with Crippen LogP contribution in [-0.2, 0) is 13.1 Å². The Morgan fingerprint density at radius 3 is 3.18 bits per heavy atom. The van der Waals surface area contributed by atoms with Gasteiger partial charge in [-0.25, -0.2) is 8.10 Å². The lowest BCUT2D eigenvalue weighted by molar-refractivity contribution is 0.361. The van der Waals surface area contributed by atoms with Crippen LogP contribution in [0.1, 0.15) is 5.82 Å². The second-order valence-electron chi connectivity index (χ2n) is 2.49. The number of imidazole rings is 1. The van der Waals surface area contributed by atoms with Crippen LogP contribution in [0.15, 0.2) is 6.20 Å². The van der Waals surface area contributed by atoms with Gasteiger partial charge >= 0.3 is 0 Å². The van der Waals surface area contributed by atoms with Crippen molar-refractivity contribution in [2.75, 3.05) is 6.54 Å². The second kappa shape index (κ2) is 2.71. The largest absolute Gasteiger partial charge is 0.303 e. The molecular formula is C6H7FIN3. The Bertz CT molecular complexity index is 273. The Labute approximate surface area is 77.7 Å². The third kappa shape index (κ3) is 1.26. The molecule has 0 saturated carbocycles. The summed E-state index contributed by atoms with van der Waals surface area (Å²) >= 11 is 2.22. The summed E-state index contributed by atoms with van der Waals surface area (Å²) in [5.41, 5.74) is 0. The second-order valence-corrected chi connectivity index (χ2v) is 3.86. The van der Waals surface area contributed by atoms with E-state index in [1.165, 1.54) is 6.20 Å². The van der Waals surface area contributed by atoms with E-state index in [-0.39, 0.29) is 5.95 Å². The van der Waals surface area contributed by atoms with Crippen LogP contribution in [0.25, 0.3) is 0 Å². The van der Waals surface area contributed by atoms with E-state index in [1.54, 1.807) is 4.57 Å². The van der Waals surface area contributed by atoms with Crippen LogP contribution >= 0.6 is 22.9 Å². The molecule has 0 aromatic carbocycles. The first-order chi connectivity index (χ1) is 5.27. The summed E-state index contributed by atoms with van der Waals surface area (Å²) in [6.07, 6.45) is 1.28. The summed E-state index contributed by atoms with van der Waals surface area (Å²) in [6, 6.07) is 0. The van der Waals surface area contributed by atoms with Gasteiger partial charge in [-0.3, -0.25) is 0 Å². The van der Waals surface area contributed by atoms with Crippen molar-refractivity contribution in [2.24, 2.45) is 0 Å². The molecule has 2 rings (SSSR count). The first-order valence-electron chi connectivity index (χ1n) is 3.38. The Balaban J connectivity index is 2.36. The number of hydrogen-bond acceptors (Lipinski definition) is 2. The van der Waals surface area contributed by atoms with Crippen LogP contribution in [0, 0.1) is 5.95 Å². The van der Waals surface area contributed by atoms with Crippen LogP contribution in [0.2, 0.25) is 0 Å². The van der Waals surface area contributed by atoms with Crippen LogP contribution in [-0.4, -0.2) is 19.2 Å². The van der Waals surface area contributed by atoms with Crippen molar-refractivity contribution < 1.29 is 4.39 Å². The highest BCUT2D eigenvalue weighted by atomic mass is 127. The molecule has 2 heterocycles. The standard InChI is InChI=1S/C6H7FIN3/c7-5-3-9-6-4-10(8)1-2-11(5)6/h3H,1-2,4H2. The van der Waals surface area contributed by atoms with Crippen molar-refractivity contribution in [3.05, 3.63) is 18.0 Å². The van der Waals surface area contributed by atoms with E-state index in [2.05, 4.69) is 31.0 Å². The maximum atomic E-state index is 12.8. The molecular weight excluding hydrogens is 260 g/mol. The molecule has 0 N–H and O–H groups in total. The lowest BCUT2D eigenvalue weighted by atomic mass is 10.4. The molecule has 0 amide bonds. The molecule has 1 aromatic rings. The van der Waals surface area contributed by atoms with E-state index in [4.69, 9.17) is 0 Å². The summed E-state index contributed by atoms with van der Waals surface area (Å²) < 4.78 is 16.6. The minimum absolute atomic E-state index is 0.218. The molecule has 5 heteroatoms. The fraction of sp³-hybridized carbons (Fsp3) is 0.500. The molecule has 1 aromatic heterocycles. The molecule has 0 saturated heterocycles. The Morgan fingerprint density at radius 2 is 2.36 bits per heavy atom. The Morgan fingerprint density at radius 1 is 1.55 bits per heavy atom. The van der Waals surface area contributed by atoms with E-state index < -0.39 is 0 Å². The van der Waals surface area contributed by atoms with Crippen LogP contribution in [0.4, 0.5) is 4.39 Å². The smallest absolute Gasteiger partial charge is 0.213 e. The number of rotatable bonds is 0.